The molecule has 0 saturated carbocycles. The Balaban J connectivity index is 1.35. The quantitative estimate of drug-likeness (QED) is 0.468. The molecule has 2 aromatic heterocycles. The van der Waals surface area contributed by atoms with Crippen LogP contribution in [0.5, 0.6) is 0 Å². The van der Waals surface area contributed by atoms with Crippen molar-refractivity contribution in [3.63, 3.8) is 0 Å². The molecule has 9 nitrogen and oxygen atoms in total. The monoisotopic (exact) mass is 569 g/mol. The summed E-state index contributed by atoms with van der Waals surface area (Å²) in [6.07, 6.45) is -4.32. The van der Waals surface area contributed by atoms with Crippen molar-refractivity contribution in [2.45, 2.75) is 49.8 Å². The van der Waals surface area contributed by atoms with Gasteiger partial charge in [0.1, 0.15) is 12.5 Å². The van der Waals surface area contributed by atoms with Crippen molar-refractivity contribution in [1.29, 1.82) is 0 Å². The predicted molar refractivity (Wildman–Crippen MR) is 133 cm³/mol. The standard InChI is InChI=1S/C26H27F5N6O3/c27-18-4-1-3-17(21(18)28)15-6-7-19(23(38)36(13-15)14-26(29,30)31)33-24(39)35-11-8-16(9-12-35)37-20-5-2-10-32-22(20)34-25(37)40/h1-5,10,15-16,19H,6-9,11-14H2,(H,33,39)(H,32,34,40)/t15-,19-/m1/s1/i14D2,15D. The third kappa shape index (κ3) is 5.65. The van der Waals surface area contributed by atoms with Gasteiger partial charge in [0.2, 0.25) is 5.91 Å². The third-order valence-corrected chi connectivity index (χ3v) is 7.15. The second-order valence-corrected chi connectivity index (χ2v) is 9.67. The molecule has 2 aliphatic rings. The molecule has 2 N–H and O–H groups in total. The molecule has 40 heavy (non-hydrogen) atoms. The fraction of sp³-hybridized carbons (Fsp3) is 0.462. The van der Waals surface area contributed by atoms with Gasteiger partial charge in [-0.25, -0.2) is 23.4 Å². The van der Waals surface area contributed by atoms with E-state index in [2.05, 4.69) is 15.3 Å². The fourth-order valence-corrected chi connectivity index (χ4v) is 5.24. The first-order chi connectivity index (χ1) is 20.1. The molecule has 214 valence electrons. The minimum Gasteiger partial charge on any atom is -0.331 e. The van der Waals surface area contributed by atoms with Crippen molar-refractivity contribution in [1.82, 2.24) is 29.7 Å². The minimum absolute atomic E-state index is 0.126. The molecule has 2 saturated heterocycles. The van der Waals surface area contributed by atoms with Gasteiger partial charge in [-0.15, -0.1) is 0 Å². The molecule has 1 aromatic carbocycles. The molecular weight excluding hydrogens is 539 g/mol. The van der Waals surface area contributed by atoms with Gasteiger partial charge in [0.15, 0.2) is 17.3 Å². The molecule has 5 rings (SSSR count). The normalized spacial score (nSPS) is 24.4. The summed E-state index contributed by atoms with van der Waals surface area (Å²) in [4.78, 5) is 46.9. The van der Waals surface area contributed by atoms with Crippen LogP contribution in [0.2, 0.25) is 0 Å². The van der Waals surface area contributed by atoms with Crippen molar-refractivity contribution < 1.29 is 35.7 Å². The van der Waals surface area contributed by atoms with Crippen molar-refractivity contribution in [3.05, 3.63) is 64.2 Å². The van der Waals surface area contributed by atoms with Crippen LogP contribution >= 0.6 is 0 Å². The molecule has 2 atom stereocenters. The van der Waals surface area contributed by atoms with E-state index in [0.717, 1.165) is 18.2 Å². The van der Waals surface area contributed by atoms with Gasteiger partial charge in [0, 0.05) is 39.1 Å². The van der Waals surface area contributed by atoms with Gasteiger partial charge in [-0.3, -0.25) is 14.3 Å². The second-order valence-electron chi connectivity index (χ2n) is 9.67. The molecule has 0 unspecified atom stereocenters. The Kier molecular flexibility index (Phi) is 6.50. The van der Waals surface area contributed by atoms with Crippen molar-refractivity contribution >= 4 is 23.1 Å². The molecule has 14 heteroatoms. The number of hydrogen-bond donors (Lipinski definition) is 2. The molecule has 3 aromatic rings. The lowest BCUT2D eigenvalue weighted by Gasteiger charge is -2.34. The average molecular weight is 570 g/mol. The van der Waals surface area contributed by atoms with Crippen LogP contribution < -0.4 is 11.0 Å². The van der Waals surface area contributed by atoms with E-state index < -0.39 is 73.1 Å². The van der Waals surface area contributed by atoms with Crippen LogP contribution in [0.3, 0.4) is 0 Å². The van der Waals surface area contributed by atoms with Crippen molar-refractivity contribution in [2.24, 2.45) is 0 Å². The summed E-state index contributed by atoms with van der Waals surface area (Å²) in [6, 6.07) is 3.43. The van der Waals surface area contributed by atoms with Crippen LogP contribution in [0.25, 0.3) is 11.2 Å². The number of likely N-dealkylation sites (tertiary alicyclic amines) is 2. The van der Waals surface area contributed by atoms with E-state index in [-0.39, 0.29) is 29.7 Å². The molecule has 3 amide bonds. The van der Waals surface area contributed by atoms with Crippen molar-refractivity contribution in [2.75, 3.05) is 26.1 Å². The van der Waals surface area contributed by atoms with E-state index in [1.807, 2.05) is 0 Å². The van der Waals surface area contributed by atoms with E-state index in [1.165, 1.54) is 11.1 Å². The van der Waals surface area contributed by atoms with E-state index >= 15 is 0 Å². The summed E-state index contributed by atoms with van der Waals surface area (Å²) >= 11 is 0. The Bertz CT molecular complexity index is 1610. The topological polar surface area (TPSA) is 103 Å². The Labute approximate surface area is 229 Å². The second kappa shape index (κ2) is 10.9. The van der Waals surface area contributed by atoms with Gasteiger partial charge < -0.3 is 15.1 Å². The number of piperidine rings is 1. The fourth-order valence-electron chi connectivity index (χ4n) is 5.24. The number of aromatic nitrogens is 3. The molecule has 0 spiro atoms. The summed E-state index contributed by atoms with van der Waals surface area (Å²) in [5.74, 6) is -6.66. The van der Waals surface area contributed by atoms with Gasteiger partial charge >= 0.3 is 17.9 Å². The summed E-state index contributed by atoms with van der Waals surface area (Å²) in [5, 5.41) is 2.36. The number of rotatable bonds is 4. The van der Waals surface area contributed by atoms with E-state index in [0.29, 0.717) is 24.0 Å². The summed E-state index contributed by atoms with van der Waals surface area (Å²) in [5.41, 5.74) is -0.00755. The van der Waals surface area contributed by atoms with Gasteiger partial charge in [-0.05, 0) is 49.4 Å². The van der Waals surface area contributed by atoms with Gasteiger partial charge in [-0.1, -0.05) is 12.1 Å². The van der Waals surface area contributed by atoms with Crippen molar-refractivity contribution in [3.8, 4) is 0 Å². The number of carbonyl (C=O) groups is 2. The van der Waals surface area contributed by atoms with Crippen LogP contribution in [0.15, 0.2) is 41.3 Å². The highest BCUT2D eigenvalue weighted by molar-refractivity contribution is 5.87. The maximum atomic E-state index is 14.7. The maximum absolute atomic E-state index is 14.7. The van der Waals surface area contributed by atoms with E-state index in [1.54, 1.807) is 16.7 Å². The Morgan fingerprint density at radius 3 is 2.60 bits per heavy atom. The first kappa shape index (κ1) is 23.9. The van der Waals surface area contributed by atoms with Crippen LogP contribution in [0, 0.1) is 11.6 Å². The summed E-state index contributed by atoms with van der Waals surface area (Å²) in [6.45, 7) is -5.28. The van der Waals surface area contributed by atoms with Gasteiger partial charge in [0.25, 0.3) is 0 Å². The van der Waals surface area contributed by atoms with Crippen LogP contribution in [0.4, 0.5) is 26.7 Å². The van der Waals surface area contributed by atoms with E-state index in [4.69, 9.17) is 4.11 Å². The number of pyridine rings is 1. The lowest BCUT2D eigenvalue weighted by molar-refractivity contribution is -0.162. The number of aromatic amines is 1. The van der Waals surface area contributed by atoms with Gasteiger partial charge in [0.05, 0.1) is 8.26 Å². The number of alkyl halides is 3. The number of nitrogens with one attached hydrogen (secondary N) is 2. The van der Waals surface area contributed by atoms with Gasteiger partial charge in [-0.2, -0.15) is 13.2 Å². The van der Waals surface area contributed by atoms with Crippen LogP contribution in [0.1, 0.15) is 47.3 Å². The first-order valence-electron chi connectivity index (χ1n) is 14.1. The van der Waals surface area contributed by atoms with Crippen LogP contribution in [-0.4, -0.2) is 74.6 Å². The third-order valence-electron chi connectivity index (χ3n) is 7.15. The largest absolute Gasteiger partial charge is 0.406 e. The summed E-state index contributed by atoms with van der Waals surface area (Å²) < 4.78 is 95.8. The highest BCUT2D eigenvalue weighted by Gasteiger charge is 2.40. The van der Waals surface area contributed by atoms with Crippen LogP contribution in [-0.2, 0) is 4.79 Å². The minimum atomic E-state index is -5.60. The molecular formula is C26H27F5N6O3. The highest BCUT2D eigenvalue weighted by atomic mass is 19.4. The molecule has 4 heterocycles. The number of nitrogens with zero attached hydrogens (tertiary/aromatic N) is 4. The smallest absolute Gasteiger partial charge is 0.331 e. The number of H-pyrrole nitrogens is 1. The zero-order valence-corrected chi connectivity index (χ0v) is 21.0. The average Bonchev–Trinajstić information content (AvgIpc) is 3.23. The first-order valence-corrected chi connectivity index (χ1v) is 12.6. The number of carbonyl (C=O) groups excluding carboxylic acids is 2. The molecule has 0 aliphatic carbocycles. The molecule has 0 bridgehead atoms. The summed E-state index contributed by atoms with van der Waals surface area (Å²) in [7, 11) is 0. The number of fused-ring (bicyclic) bond motifs is 1. The Morgan fingerprint density at radius 2 is 1.88 bits per heavy atom. The Morgan fingerprint density at radius 1 is 1.12 bits per heavy atom. The highest BCUT2D eigenvalue weighted by Crippen LogP contribution is 2.32. The lowest BCUT2D eigenvalue weighted by Crippen LogP contribution is -2.54. The molecule has 0 radical (unpaired) electrons. The number of amides is 3. The zero-order valence-electron chi connectivity index (χ0n) is 24.0. The maximum Gasteiger partial charge on any atom is 0.406 e. The number of benzene rings is 1. The SMILES string of the molecule is [2H]C([2H])(N1C[C@]([2H])(c2cccc(F)c2F)CC[C@@H](NC(=O)N2CCC(n3c(=O)[nH]c4ncccc43)CC2)C1=O)C(F)(F)F. The zero-order chi connectivity index (χ0) is 31.3. The Hall–Kier alpha value is -3.97. The van der Waals surface area contributed by atoms with E-state index in [9.17, 15) is 36.3 Å². The predicted octanol–water partition coefficient (Wildman–Crippen LogP) is 3.69. The number of hydrogen-bond acceptors (Lipinski definition) is 4. The lowest BCUT2D eigenvalue weighted by atomic mass is 9.93. The number of halogens is 5. The molecule has 2 aliphatic heterocycles. The number of imidazole rings is 1. The molecule has 2 fully saturated rings. The number of urea groups is 1.